The summed E-state index contributed by atoms with van der Waals surface area (Å²) in [7, 11) is 0. The van der Waals surface area contributed by atoms with Crippen LogP contribution in [0, 0.1) is 12.7 Å². The van der Waals surface area contributed by atoms with E-state index >= 15 is 0 Å². The van der Waals surface area contributed by atoms with Crippen molar-refractivity contribution in [3.05, 3.63) is 58.4 Å². The van der Waals surface area contributed by atoms with E-state index in [9.17, 15) is 9.18 Å². The van der Waals surface area contributed by atoms with Crippen molar-refractivity contribution in [1.29, 1.82) is 0 Å². The van der Waals surface area contributed by atoms with Crippen LogP contribution in [0.15, 0.2) is 36.4 Å². The Morgan fingerprint density at radius 1 is 1.32 bits per heavy atom. The fourth-order valence-electron chi connectivity index (χ4n) is 1.62. The number of carbonyl (C=O) groups is 1. The average Bonchev–Trinajstić information content (AvgIpc) is 2.34. The topological polar surface area (TPSA) is 46.5 Å². The van der Waals surface area contributed by atoms with Crippen LogP contribution < -0.4 is 4.74 Å². The maximum atomic E-state index is 12.9. The van der Waals surface area contributed by atoms with Gasteiger partial charge in [0.1, 0.15) is 22.9 Å². The van der Waals surface area contributed by atoms with Crippen LogP contribution in [-0.2, 0) is 0 Å². The molecule has 0 heterocycles. The Balaban J connectivity index is 2.46. The van der Waals surface area contributed by atoms with E-state index in [-0.39, 0.29) is 22.1 Å². The first kappa shape index (κ1) is 13.4. The monoisotopic (exact) mass is 280 g/mol. The molecule has 2 rings (SSSR count). The Labute approximate surface area is 114 Å². The van der Waals surface area contributed by atoms with Crippen molar-refractivity contribution in [1.82, 2.24) is 0 Å². The maximum Gasteiger partial charge on any atom is 0.339 e. The summed E-state index contributed by atoms with van der Waals surface area (Å²) >= 11 is 5.85. The van der Waals surface area contributed by atoms with Gasteiger partial charge in [-0.3, -0.25) is 0 Å². The first-order valence-corrected chi connectivity index (χ1v) is 5.82. The van der Waals surface area contributed by atoms with E-state index in [4.69, 9.17) is 21.4 Å². The highest BCUT2D eigenvalue weighted by molar-refractivity contribution is 6.32. The van der Waals surface area contributed by atoms with Crippen LogP contribution in [0.1, 0.15) is 15.9 Å². The maximum absolute atomic E-state index is 12.9. The lowest BCUT2D eigenvalue weighted by molar-refractivity contribution is 0.0694. The first-order valence-electron chi connectivity index (χ1n) is 5.45. The number of hydrogen-bond acceptors (Lipinski definition) is 2. The molecule has 0 saturated heterocycles. The van der Waals surface area contributed by atoms with Crippen molar-refractivity contribution in [3.8, 4) is 11.5 Å². The molecule has 0 saturated carbocycles. The summed E-state index contributed by atoms with van der Waals surface area (Å²) in [5, 5.41) is 9.19. The number of benzene rings is 2. The van der Waals surface area contributed by atoms with Crippen molar-refractivity contribution >= 4 is 17.6 Å². The zero-order chi connectivity index (χ0) is 14.0. The van der Waals surface area contributed by atoms with Gasteiger partial charge < -0.3 is 9.84 Å². The molecule has 0 unspecified atom stereocenters. The van der Waals surface area contributed by atoms with E-state index in [2.05, 4.69) is 0 Å². The van der Waals surface area contributed by atoms with E-state index in [1.807, 2.05) is 0 Å². The van der Waals surface area contributed by atoms with Gasteiger partial charge in [-0.15, -0.1) is 0 Å². The lowest BCUT2D eigenvalue weighted by Crippen LogP contribution is -2.01. The van der Waals surface area contributed by atoms with Crippen LogP contribution in [0.5, 0.6) is 11.5 Å². The fraction of sp³-hybridized carbons (Fsp3) is 0.0714. The second-order valence-electron chi connectivity index (χ2n) is 3.93. The van der Waals surface area contributed by atoms with Crippen LogP contribution in [0.2, 0.25) is 5.02 Å². The quantitative estimate of drug-likeness (QED) is 0.913. The van der Waals surface area contributed by atoms with Gasteiger partial charge in [-0.2, -0.15) is 0 Å². The van der Waals surface area contributed by atoms with E-state index in [1.165, 1.54) is 18.2 Å². The predicted octanol–water partition coefficient (Wildman–Crippen LogP) is 4.28. The average molecular weight is 281 g/mol. The Hall–Kier alpha value is -2.07. The molecule has 2 aromatic carbocycles. The molecular weight excluding hydrogens is 271 g/mol. The number of rotatable bonds is 3. The number of carboxylic acids is 1. The van der Waals surface area contributed by atoms with Crippen molar-refractivity contribution < 1.29 is 19.0 Å². The normalized spacial score (nSPS) is 10.3. The predicted molar refractivity (Wildman–Crippen MR) is 69.6 cm³/mol. The third-order valence-corrected chi connectivity index (χ3v) is 2.84. The Morgan fingerprint density at radius 2 is 2.05 bits per heavy atom. The third kappa shape index (κ3) is 2.85. The number of halogens is 2. The number of para-hydroxylation sites is 1. The third-order valence-electron chi connectivity index (χ3n) is 2.55. The van der Waals surface area contributed by atoms with Gasteiger partial charge in [-0.05, 0) is 36.8 Å². The van der Waals surface area contributed by atoms with E-state index < -0.39 is 11.8 Å². The van der Waals surface area contributed by atoms with Gasteiger partial charge in [-0.1, -0.05) is 23.7 Å². The van der Waals surface area contributed by atoms with Gasteiger partial charge >= 0.3 is 5.97 Å². The van der Waals surface area contributed by atoms with Gasteiger partial charge in [0, 0.05) is 0 Å². The SMILES string of the molecule is Cc1cccc(C(=O)O)c1Oc1ccc(F)cc1Cl. The molecule has 0 aromatic heterocycles. The molecular formula is C14H10ClFO3. The highest BCUT2D eigenvalue weighted by Crippen LogP contribution is 2.33. The second kappa shape index (κ2) is 5.28. The highest BCUT2D eigenvalue weighted by Gasteiger charge is 2.15. The minimum Gasteiger partial charge on any atom is -0.478 e. The van der Waals surface area contributed by atoms with Gasteiger partial charge in [0.25, 0.3) is 0 Å². The number of aromatic carboxylic acids is 1. The van der Waals surface area contributed by atoms with Crippen molar-refractivity contribution in [2.24, 2.45) is 0 Å². The van der Waals surface area contributed by atoms with E-state index in [0.717, 1.165) is 6.07 Å². The molecule has 3 nitrogen and oxygen atoms in total. The van der Waals surface area contributed by atoms with Crippen LogP contribution >= 0.6 is 11.6 Å². The molecule has 0 bridgehead atoms. The summed E-state index contributed by atoms with van der Waals surface area (Å²) in [6, 6.07) is 8.43. The molecule has 0 fully saturated rings. The van der Waals surface area contributed by atoms with Crippen molar-refractivity contribution in [2.45, 2.75) is 6.92 Å². The molecule has 0 atom stereocenters. The van der Waals surface area contributed by atoms with Gasteiger partial charge in [0.15, 0.2) is 0 Å². The molecule has 0 aliphatic rings. The molecule has 5 heteroatoms. The number of aryl methyl sites for hydroxylation is 1. The molecule has 0 spiro atoms. The minimum atomic E-state index is -1.10. The zero-order valence-corrected chi connectivity index (χ0v) is 10.7. The molecule has 0 aliphatic carbocycles. The van der Waals surface area contributed by atoms with Gasteiger partial charge in [0.2, 0.25) is 0 Å². The van der Waals surface area contributed by atoms with Crippen LogP contribution in [0.25, 0.3) is 0 Å². The van der Waals surface area contributed by atoms with Crippen LogP contribution in [0.4, 0.5) is 4.39 Å². The summed E-state index contributed by atoms with van der Waals surface area (Å²) in [6.07, 6.45) is 0. The number of carboxylic acid groups (broad SMARTS) is 1. The first-order chi connectivity index (χ1) is 8.99. The summed E-state index contributed by atoms with van der Waals surface area (Å²) < 4.78 is 18.4. The van der Waals surface area contributed by atoms with E-state index in [1.54, 1.807) is 19.1 Å². The minimum absolute atomic E-state index is 0.0281. The largest absolute Gasteiger partial charge is 0.478 e. The number of hydrogen-bond donors (Lipinski definition) is 1. The summed E-state index contributed by atoms with van der Waals surface area (Å²) in [6.45, 7) is 1.72. The smallest absolute Gasteiger partial charge is 0.339 e. The highest BCUT2D eigenvalue weighted by atomic mass is 35.5. The van der Waals surface area contributed by atoms with Crippen molar-refractivity contribution in [3.63, 3.8) is 0 Å². The van der Waals surface area contributed by atoms with Gasteiger partial charge in [-0.25, -0.2) is 9.18 Å². The number of ether oxygens (including phenoxy) is 1. The summed E-state index contributed by atoms with van der Waals surface area (Å²) in [5.74, 6) is -1.18. The Kier molecular flexibility index (Phi) is 3.71. The lowest BCUT2D eigenvalue weighted by atomic mass is 10.1. The van der Waals surface area contributed by atoms with Crippen molar-refractivity contribution in [2.75, 3.05) is 0 Å². The molecule has 2 aromatic rings. The molecule has 1 N–H and O–H groups in total. The summed E-state index contributed by atoms with van der Waals surface area (Å²) in [5.41, 5.74) is 0.681. The Morgan fingerprint density at radius 3 is 2.68 bits per heavy atom. The molecule has 0 amide bonds. The van der Waals surface area contributed by atoms with Crippen LogP contribution in [0.3, 0.4) is 0 Å². The zero-order valence-electron chi connectivity index (χ0n) is 9.98. The van der Waals surface area contributed by atoms with E-state index in [0.29, 0.717) is 5.56 Å². The molecule has 0 radical (unpaired) electrons. The molecule has 0 aliphatic heterocycles. The van der Waals surface area contributed by atoms with Gasteiger partial charge in [0.05, 0.1) is 5.02 Å². The van der Waals surface area contributed by atoms with Crippen LogP contribution in [-0.4, -0.2) is 11.1 Å². The second-order valence-corrected chi connectivity index (χ2v) is 4.34. The fourth-order valence-corrected chi connectivity index (χ4v) is 1.83. The summed E-state index contributed by atoms with van der Waals surface area (Å²) in [4.78, 5) is 11.1. The lowest BCUT2D eigenvalue weighted by Gasteiger charge is -2.12. The Bertz CT molecular complexity index is 641. The standard InChI is InChI=1S/C14H10ClFO3/c1-8-3-2-4-10(14(17)18)13(8)19-12-6-5-9(16)7-11(12)15/h2-7H,1H3,(H,17,18). The molecule has 19 heavy (non-hydrogen) atoms. The molecule has 98 valence electrons.